The monoisotopic (exact) mass is 341 g/mol. The quantitative estimate of drug-likeness (QED) is 0.649. The summed E-state index contributed by atoms with van der Waals surface area (Å²) in [6, 6.07) is 3.67. The molecule has 0 aliphatic heterocycles. The van der Waals surface area contributed by atoms with Crippen LogP contribution >= 0.6 is 22.6 Å². The number of amides is 1. The van der Waals surface area contributed by atoms with E-state index in [1.54, 1.807) is 6.20 Å². The van der Waals surface area contributed by atoms with Crippen molar-refractivity contribution >= 4 is 34.3 Å². The normalized spacial score (nSPS) is 9.71. The van der Waals surface area contributed by atoms with Crippen LogP contribution < -0.4 is 10.9 Å². The first kappa shape index (κ1) is 11.7. The van der Waals surface area contributed by atoms with Gasteiger partial charge in [-0.1, -0.05) is 0 Å². The summed E-state index contributed by atoms with van der Waals surface area (Å²) >= 11 is 2.16. The molecule has 2 aromatic rings. The molecule has 2 aromatic heterocycles. The fourth-order valence-electron chi connectivity index (χ4n) is 1.08. The average molecular weight is 341 g/mol. The number of anilines is 1. The van der Waals surface area contributed by atoms with E-state index in [-0.39, 0.29) is 5.91 Å². The molecule has 0 radical (unpaired) electrons. The van der Waals surface area contributed by atoms with E-state index in [2.05, 4.69) is 48.4 Å². The largest absolute Gasteiger partial charge is 0.282 e. The van der Waals surface area contributed by atoms with Gasteiger partial charge in [0, 0.05) is 22.2 Å². The highest BCUT2D eigenvalue weighted by Crippen LogP contribution is 2.07. The highest BCUT2D eigenvalue weighted by atomic mass is 127. The second-order valence-corrected chi connectivity index (χ2v) is 4.31. The second kappa shape index (κ2) is 5.53. The van der Waals surface area contributed by atoms with Crippen molar-refractivity contribution in [2.75, 3.05) is 5.43 Å². The Hall–Kier alpha value is -1.77. The average Bonchev–Trinajstić information content (AvgIpc) is 2.37. The second-order valence-electron chi connectivity index (χ2n) is 3.07. The molecule has 2 heterocycles. The van der Waals surface area contributed by atoms with Crippen LogP contribution in [0.2, 0.25) is 0 Å². The summed E-state index contributed by atoms with van der Waals surface area (Å²) in [6.07, 6.45) is 5.89. The maximum absolute atomic E-state index is 11.6. The number of nitrogens with zero attached hydrogens (tertiary/aromatic N) is 3. The Kier molecular flexibility index (Phi) is 3.81. The molecule has 0 bridgehead atoms. The minimum atomic E-state index is -0.314. The Morgan fingerprint density at radius 3 is 2.76 bits per heavy atom. The molecule has 2 rings (SSSR count). The lowest BCUT2D eigenvalue weighted by Crippen LogP contribution is -2.29. The van der Waals surface area contributed by atoms with Gasteiger partial charge in [-0.2, -0.15) is 0 Å². The molecule has 1 amide bonds. The van der Waals surface area contributed by atoms with E-state index in [1.165, 1.54) is 18.7 Å². The number of halogens is 1. The zero-order chi connectivity index (χ0) is 12.1. The number of pyridine rings is 1. The van der Waals surface area contributed by atoms with Gasteiger partial charge in [-0.25, -0.2) is 15.0 Å². The summed E-state index contributed by atoms with van der Waals surface area (Å²) in [4.78, 5) is 23.2. The van der Waals surface area contributed by atoms with E-state index in [0.29, 0.717) is 11.4 Å². The zero-order valence-corrected chi connectivity index (χ0v) is 10.7. The van der Waals surface area contributed by atoms with E-state index in [1.807, 2.05) is 12.1 Å². The van der Waals surface area contributed by atoms with Gasteiger partial charge in [0.25, 0.3) is 5.91 Å². The minimum Gasteiger partial charge on any atom is -0.282 e. The number of rotatable bonds is 3. The van der Waals surface area contributed by atoms with Crippen molar-refractivity contribution in [3.63, 3.8) is 0 Å². The van der Waals surface area contributed by atoms with Crippen LogP contribution in [0.3, 0.4) is 0 Å². The maximum Gasteiger partial charge on any atom is 0.272 e. The van der Waals surface area contributed by atoms with Crippen molar-refractivity contribution in [2.45, 2.75) is 0 Å². The Morgan fingerprint density at radius 2 is 2.06 bits per heavy atom. The first-order chi connectivity index (χ1) is 8.25. The molecule has 0 saturated heterocycles. The van der Waals surface area contributed by atoms with Crippen molar-refractivity contribution in [3.05, 3.63) is 46.2 Å². The summed E-state index contributed by atoms with van der Waals surface area (Å²) in [5.74, 6) is 0.258. The Bertz CT molecular complexity index is 519. The molecule has 0 aliphatic carbocycles. The summed E-state index contributed by atoms with van der Waals surface area (Å²) in [5.41, 5.74) is 5.60. The predicted molar refractivity (Wildman–Crippen MR) is 70.1 cm³/mol. The predicted octanol–water partition coefficient (Wildman–Crippen LogP) is 1.23. The Morgan fingerprint density at radius 1 is 1.29 bits per heavy atom. The van der Waals surface area contributed by atoms with Gasteiger partial charge >= 0.3 is 0 Å². The molecule has 0 aliphatic rings. The highest BCUT2D eigenvalue weighted by Gasteiger charge is 2.04. The molecule has 17 heavy (non-hydrogen) atoms. The van der Waals surface area contributed by atoms with E-state index >= 15 is 0 Å². The third kappa shape index (κ3) is 3.34. The SMILES string of the molecule is O=C(NNc1cc(I)ccn1)c1cncnc1. The topological polar surface area (TPSA) is 79.8 Å². The number of nitrogens with one attached hydrogen (secondary N) is 2. The van der Waals surface area contributed by atoms with Gasteiger partial charge in [-0.05, 0) is 34.7 Å². The first-order valence-electron chi connectivity index (χ1n) is 4.68. The third-order valence-corrected chi connectivity index (χ3v) is 2.52. The number of carbonyl (C=O) groups is 1. The van der Waals surface area contributed by atoms with Gasteiger partial charge in [-0.15, -0.1) is 0 Å². The molecule has 0 atom stereocenters. The van der Waals surface area contributed by atoms with Gasteiger partial charge in [0.2, 0.25) is 0 Å². The van der Waals surface area contributed by atoms with E-state index in [4.69, 9.17) is 0 Å². The zero-order valence-electron chi connectivity index (χ0n) is 8.59. The Labute approximate surface area is 111 Å². The highest BCUT2D eigenvalue weighted by molar-refractivity contribution is 14.1. The molecular formula is C10H8IN5O. The van der Waals surface area contributed by atoms with Crippen LogP contribution in [-0.4, -0.2) is 20.9 Å². The van der Waals surface area contributed by atoms with Crippen molar-refractivity contribution in [3.8, 4) is 0 Å². The summed E-state index contributed by atoms with van der Waals surface area (Å²) in [5, 5.41) is 0. The number of hydrogen-bond donors (Lipinski definition) is 2. The van der Waals surface area contributed by atoms with Gasteiger partial charge in [-0.3, -0.25) is 15.6 Å². The number of aromatic nitrogens is 3. The van der Waals surface area contributed by atoms with Gasteiger partial charge in [0.1, 0.15) is 12.1 Å². The molecule has 2 N–H and O–H groups in total. The van der Waals surface area contributed by atoms with Crippen LogP contribution in [0.15, 0.2) is 37.1 Å². The van der Waals surface area contributed by atoms with E-state index in [9.17, 15) is 4.79 Å². The standard InChI is InChI=1S/C10H8IN5O/c11-8-1-2-14-9(3-8)15-16-10(17)7-4-12-6-13-5-7/h1-6H,(H,14,15)(H,16,17). The lowest BCUT2D eigenvalue weighted by Gasteiger charge is -2.07. The van der Waals surface area contributed by atoms with Crippen LogP contribution in [0.1, 0.15) is 10.4 Å². The van der Waals surface area contributed by atoms with Crippen LogP contribution in [0.25, 0.3) is 0 Å². The lowest BCUT2D eigenvalue weighted by atomic mass is 10.3. The number of carbonyl (C=O) groups excluding carboxylic acids is 1. The van der Waals surface area contributed by atoms with E-state index in [0.717, 1.165) is 3.57 Å². The first-order valence-corrected chi connectivity index (χ1v) is 5.76. The molecule has 6 nitrogen and oxygen atoms in total. The van der Waals surface area contributed by atoms with Crippen molar-refractivity contribution in [1.29, 1.82) is 0 Å². The van der Waals surface area contributed by atoms with Crippen LogP contribution in [-0.2, 0) is 0 Å². The van der Waals surface area contributed by atoms with Crippen molar-refractivity contribution in [2.24, 2.45) is 0 Å². The smallest absolute Gasteiger partial charge is 0.272 e. The molecule has 0 spiro atoms. The molecule has 0 saturated carbocycles. The molecule has 7 heteroatoms. The Balaban J connectivity index is 1.97. The molecule has 86 valence electrons. The third-order valence-electron chi connectivity index (χ3n) is 1.85. The lowest BCUT2D eigenvalue weighted by molar-refractivity contribution is 0.0961. The van der Waals surface area contributed by atoms with Gasteiger partial charge < -0.3 is 0 Å². The van der Waals surface area contributed by atoms with Gasteiger partial charge in [0.05, 0.1) is 5.56 Å². The van der Waals surface area contributed by atoms with Gasteiger partial charge in [0.15, 0.2) is 0 Å². The van der Waals surface area contributed by atoms with Crippen LogP contribution in [0, 0.1) is 3.57 Å². The minimum absolute atomic E-state index is 0.314. The summed E-state index contributed by atoms with van der Waals surface area (Å²) in [7, 11) is 0. The molecule has 0 aromatic carbocycles. The molecule has 0 fully saturated rings. The van der Waals surface area contributed by atoms with E-state index < -0.39 is 0 Å². The maximum atomic E-state index is 11.6. The summed E-state index contributed by atoms with van der Waals surface area (Å²) in [6.45, 7) is 0. The van der Waals surface area contributed by atoms with Crippen LogP contribution in [0.4, 0.5) is 5.82 Å². The van der Waals surface area contributed by atoms with Crippen molar-refractivity contribution < 1.29 is 4.79 Å². The summed E-state index contributed by atoms with van der Waals surface area (Å²) < 4.78 is 1.03. The fraction of sp³-hybridized carbons (Fsp3) is 0. The fourth-order valence-corrected chi connectivity index (χ4v) is 1.54. The molecule has 0 unspecified atom stereocenters. The van der Waals surface area contributed by atoms with Crippen molar-refractivity contribution in [1.82, 2.24) is 20.4 Å². The molecular weight excluding hydrogens is 333 g/mol. The number of hydrazine groups is 1. The van der Waals surface area contributed by atoms with Crippen LogP contribution in [0.5, 0.6) is 0 Å². The number of hydrogen-bond acceptors (Lipinski definition) is 5.